The summed E-state index contributed by atoms with van der Waals surface area (Å²) in [6.45, 7) is 5.21. The van der Waals surface area contributed by atoms with Crippen LogP contribution in [0, 0.1) is 6.92 Å². The van der Waals surface area contributed by atoms with Crippen LogP contribution in [0.25, 0.3) is 0 Å². The fraction of sp³-hybridized carbons (Fsp3) is 0.600. The molecule has 1 aromatic rings. The summed E-state index contributed by atoms with van der Waals surface area (Å²) < 4.78 is 0. The van der Waals surface area contributed by atoms with Crippen LogP contribution in [0.15, 0.2) is 12.1 Å². The lowest BCUT2D eigenvalue weighted by Crippen LogP contribution is -2.28. The van der Waals surface area contributed by atoms with Gasteiger partial charge in [0, 0.05) is 35.4 Å². The Morgan fingerprint density at radius 3 is 3.15 bits per heavy atom. The van der Waals surface area contributed by atoms with Crippen molar-refractivity contribution in [2.75, 3.05) is 13.1 Å². The zero-order valence-corrected chi connectivity index (χ0v) is 8.73. The number of thiophene rings is 1. The predicted octanol–water partition coefficient (Wildman–Crippen LogP) is 1.52. The molecule has 1 unspecified atom stereocenters. The Balaban J connectivity index is 1.78. The van der Waals surface area contributed by atoms with Crippen molar-refractivity contribution in [2.45, 2.75) is 25.9 Å². The molecule has 1 radical (unpaired) electrons. The molecule has 2 rings (SSSR count). The van der Waals surface area contributed by atoms with Gasteiger partial charge in [0.15, 0.2) is 0 Å². The van der Waals surface area contributed by atoms with Crippen LogP contribution in [0.4, 0.5) is 0 Å². The maximum Gasteiger partial charge on any atom is 0.0302 e. The zero-order chi connectivity index (χ0) is 9.10. The molecule has 0 aliphatic carbocycles. The first-order valence-corrected chi connectivity index (χ1v) is 5.58. The molecule has 0 bridgehead atoms. The van der Waals surface area contributed by atoms with Gasteiger partial charge in [0.05, 0.1) is 0 Å². The van der Waals surface area contributed by atoms with Gasteiger partial charge in [-0.1, -0.05) is 0 Å². The van der Waals surface area contributed by atoms with Crippen LogP contribution in [0.3, 0.4) is 0 Å². The Morgan fingerprint density at radius 2 is 2.54 bits per heavy atom. The van der Waals surface area contributed by atoms with Crippen molar-refractivity contribution in [1.29, 1.82) is 0 Å². The van der Waals surface area contributed by atoms with E-state index in [0.717, 1.165) is 19.6 Å². The van der Waals surface area contributed by atoms with Crippen molar-refractivity contribution in [3.05, 3.63) is 21.9 Å². The third kappa shape index (κ3) is 2.53. The smallest absolute Gasteiger partial charge is 0.0302 e. The minimum atomic E-state index is 0.627. The first-order valence-electron chi connectivity index (χ1n) is 4.76. The maximum atomic E-state index is 4.32. The Labute approximate surface area is 83.4 Å². The number of hydrogen-bond donors (Lipinski definition) is 1. The van der Waals surface area contributed by atoms with Crippen LogP contribution in [0.1, 0.15) is 16.2 Å². The Bertz CT molecular complexity index is 264. The summed E-state index contributed by atoms with van der Waals surface area (Å²) in [5.74, 6) is 0. The lowest BCUT2D eigenvalue weighted by atomic mass is 10.2. The van der Waals surface area contributed by atoms with E-state index in [0.29, 0.717) is 6.04 Å². The van der Waals surface area contributed by atoms with E-state index in [9.17, 15) is 0 Å². The monoisotopic (exact) mass is 195 g/mol. The van der Waals surface area contributed by atoms with Gasteiger partial charge in [-0.25, -0.2) is 5.32 Å². The van der Waals surface area contributed by atoms with E-state index in [1.165, 1.54) is 16.2 Å². The van der Waals surface area contributed by atoms with Gasteiger partial charge in [-0.3, -0.25) is 0 Å². The van der Waals surface area contributed by atoms with Gasteiger partial charge in [-0.15, -0.1) is 11.3 Å². The molecule has 0 amide bonds. The average molecular weight is 195 g/mol. The lowest BCUT2D eigenvalue weighted by molar-refractivity contribution is 0.550. The van der Waals surface area contributed by atoms with E-state index in [1.54, 1.807) is 0 Å². The minimum absolute atomic E-state index is 0.627. The molecule has 1 saturated heterocycles. The van der Waals surface area contributed by atoms with Crippen molar-refractivity contribution in [3.8, 4) is 0 Å². The second-order valence-corrected chi connectivity index (χ2v) is 4.88. The lowest BCUT2D eigenvalue weighted by Gasteiger charge is -2.08. The number of hydrogen-bond acceptors (Lipinski definition) is 2. The fourth-order valence-electron chi connectivity index (χ4n) is 1.58. The molecule has 1 fully saturated rings. The normalized spacial score (nSPS) is 22.4. The van der Waals surface area contributed by atoms with Crippen molar-refractivity contribution in [3.63, 3.8) is 0 Å². The summed E-state index contributed by atoms with van der Waals surface area (Å²) in [7, 11) is 0. The molecule has 13 heavy (non-hydrogen) atoms. The predicted molar refractivity (Wildman–Crippen MR) is 56.2 cm³/mol. The van der Waals surface area contributed by atoms with Crippen LogP contribution in [-0.4, -0.2) is 19.1 Å². The SMILES string of the molecule is Cc1ccc(CNC2CC[N]C2)s1. The molecule has 1 aromatic heterocycles. The molecule has 1 aliphatic heterocycles. The third-order valence-corrected chi connectivity index (χ3v) is 3.35. The summed E-state index contributed by atoms with van der Waals surface area (Å²) in [6, 6.07) is 5.02. The van der Waals surface area contributed by atoms with Gasteiger partial charge >= 0.3 is 0 Å². The highest BCUT2D eigenvalue weighted by atomic mass is 32.1. The van der Waals surface area contributed by atoms with Crippen LogP contribution in [0.5, 0.6) is 0 Å². The molecule has 3 heteroatoms. The van der Waals surface area contributed by atoms with E-state index in [2.05, 4.69) is 29.7 Å². The summed E-state index contributed by atoms with van der Waals surface area (Å²) >= 11 is 1.88. The van der Waals surface area contributed by atoms with E-state index >= 15 is 0 Å². The molecule has 0 spiro atoms. The molecular weight excluding hydrogens is 180 g/mol. The average Bonchev–Trinajstić information content (AvgIpc) is 2.71. The quantitative estimate of drug-likeness (QED) is 0.777. The van der Waals surface area contributed by atoms with Gasteiger partial charge in [0.1, 0.15) is 0 Å². The standard InChI is InChI=1S/C10H15N2S/c1-8-2-3-10(13-8)7-12-9-4-5-11-6-9/h2-3,9,12H,4-7H2,1H3. The molecule has 2 heterocycles. The largest absolute Gasteiger partial charge is 0.308 e. The molecule has 1 atom stereocenters. The molecule has 0 saturated carbocycles. The first-order chi connectivity index (χ1) is 6.34. The van der Waals surface area contributed by atoms with Crippen LogP contribution in [-0.2, 0) is 6.54 Å². The number of nitrogens with zero attached hydrogens (tertiary/aromatic N) is 1. The van der Waals surface area contributed by atoms with E-state index in [4.69, 9.17) is 0 Å². The summed E-state index contributed by atoms with van der Waals surface area (Å²) in [6.07, 6.45) is 1.21. The topological polar surface area (TPSA) is 26.1 Å². The second kappa shape index (κ2) is 4.22. The Hall–Kier alpha value is -0.380. The van der Waals surface area contributed by atoms with E-state index in [-0.39, 0.29) is 0 Å². The second-order valence-electron chi connectivity index (χ2n) is 3.51. The fourth-order valence-corrected chi connectivity index (χ4v) is 2.42. The molecule has 1 N–H and O–H groups in total. The van der Waals surface area contributed by atoms with Crippen LogP contribution in [0.2, 0.25) is 0 Å². The van der Waals surface area contributed by atoms with Crippen molar-refractivity contribution in [1.82, 2.24) is 10.6 Å². The zero-order valence-electron chi connectivity index (χ0n) is 7.92. The van der Waals surface area contributed by atoms with Gasteiger partial charge in [-0.05, 0) is 25.5 Å². The van der Waals surface area contributed by atoms with Crippen LogP contribution >= 0.6 is 11.3 Å². The molecule has 71 valence electrons. The van der Waals surface area contributed by atoms with Gasteiger partial charge in [0.25, 0.3) is 0 Å². The van der Waals surface area contributed by atoms with E-state index < -0.39 is 0 Å². The highest BCUT2D eigenvalue weighted by Crippen LogP contribution is 2.15. The number of aryl methyl sites for hydroxylation is 1. The highest BCUT2D eigenvalue weighted by molar-refractivity contribution is 7.11. The number of nitrogens with one attached hydrogen (secondary N) is 1. The Kier molecular flexibility index (Phi) is 2.98. The first kappa shape index (κ1) is 9.19. The van der Waals surface area contributed by atoms with E-state index in [1.807, 2.05) is 11.3 Å². The minimum Gasteiger partial charge on any atom is -0.308 e. The highest BCUT2D eigenvalue weighted by Gasteiger charge is 2.14. The van der Waals surface area contributed by atoms with Crippen molar-refractivity contribution in [2.24, 2.45) is 0 Å². The van der Waals surface area contributed by atoms with Crippen molar-refractivity contribution < 1.29 is 0 Å². The molecule has 1 aliphatic rings. The summed E-state index contributed by atoms with van der Waals surface area (Å²) in [5, 5.41) is 7.85. The summed E-state index contributed by atoms with van der Waals surface area (Å²) in [5.41, 5.74) is 0. The van der Waals surface area contributed by atoms with Gasteiger partial charge < -0.3 is 5.32 Å². The molecular formula is C10H15N2S. The Morgan fingerprint density at radius 1 is 1.62 bits per heavy atom. The van der Waals surface area contributed by atoms with Crippen molar-refractivity contribution >= 4 is 11.3 Å². The van der Waals surface area contributed by atoms with Crippen LogP contribution < -0.4 is 10.6 Å². The third-order valence-electron chi connectivity index (χ3n) is 2.35. The van der Waals surface area contributed by atoms with Gasteiger partial charge in [0.2, 0.25) is 0 Å². The summed E-state index contributed by atoms with van der Waals surface area (Å²) in [4.78, 5) is 2.83. The molecule has 2 nitrogen and oxygen atoms in total. The maximum absolute atomic E-state index is 4.32. The molecule has 0 aromatic carbocycles. The van der Waals surface area contributed by atoms with Gasteiger partial charge in [-0.2, -0.15) is 0 Å². The number of rotatable bonds is 3.